The van der Waals surface area contributed by atoms with E-state index in [4.69, 9.17) is 28.0 Å². The standard InChI is InChI=1S/C13H12Cl2N4O2S/c1-21-19-11(8-2-3-9(14)10(15)6-8)4-5-12(20)17-13-18-16-7-22-13/h2-3,6-7H,4-5H2,1H3,(H,17,18,20)/b19-11+. The first-order valence-corrected chi connectivity index (χ1v) is 7.85. The van der Waals surface area contributed by atoms with Crippen LogP contribution in [0.3, 0.4) is 0 Å². The van der Waals surface area contributed by atoms with Gasteiger partial charge in [-0.15, -0.1) is 10.2 Å². The zero-order valence-electron chi connectivity index (χ0n) is 11.5. The molecule has 0 radical (unpaired) electrons. The Labute approximate surface area is 141 Å². The largest absolute Gasteiger partial charge is 0.399 e. The van der Waals surface area contributed by atoms with Crippen molar-refractivity contribution < 1.29 is 9.63 Å². The van der Waals surface area contributed by atoms with Gasteiger partial charge in [-0.1, -0.05) is 45.8 Å². The van der Waals surface area contributed by atoms with Gasteiger partial charge in [0.15, 0.2) is 0 Å². The minimum Gasteiger partial charge on any atom is -0.399 e. The molecule has 9 heteroatoms. The molecule has 6 nitrogen and oxygen atoms in total. The summed E-state index contributed by atoms with van der Waals surface area (Å²) in [6.45, 7) is 0. The van der Waals surface area contributed by atoms with Crippen molar-refractivity contribution in [1.82, 2.24) is 10.2 Å². The number of aromatic nitrogens is 2. The van der Waals surface area contributed by atoms with E-state index in [0.29, 0.717) is 27.3 Å². The fraction of sp³-hybridized carbons (Fsp3) is 0.231. The van der Waals surface area contributed by atoms with Gasteiger partial charge in [-0.3, -0.25) is 4.79 Å². The number of hydrogen-bond donors (Lipinski definition) is 1. The van der Waals surface area contributed by atoms with Gasteiger partial charge < -0.3 is 10.2 Å². The van der Waals surface area contributed by atoms with Crippen molar-refractivity contribution in [2.45, 2.75) is 12.8 Å². The quantitative estimate of drug-likeness (QED) is 0.631. The summed E-state index contributed by atoms with van der Waals surface area (Å²) in [6, 6.07) is 5.13. The van der Waals surface area contributed by atoms with E-state index in [1.54, 1.807) is 23.7 Å². The molecule has 116 valence electrons. The normalized spacial score (nSPS) is 11.3. The molecule has 2 rings (SSSR count). The topological polar surface area (TPSA) is 76.5 Å². The molecular formula is C13H12Cl2N4O2S. The molecule has 1 heterocycles. The number of carbonyl (C=O) groups excluding carboxylic acids is 1. The average molecular weight is 359 g/mol. The molecular weight excluding hydrogens is 347 g/mol. The molecule has 0 saturated heterocycles. The number of oxime groups is 1. The maximum absolute atomic E-state index is 11.9. The molecule has 1 aromatic heterocycles. The highest BCUT2D eigenvalue weighted by Gasteiger charge is 2.11. The highest BCUT2D eigenvalue weighted by Crippen LogP contribution is 2.23. The van der Waals surface area contributed by atoms with E-state index in [0.717, 1.165) is 5.56 Å². The second-order valence-electron chi connectivity index (χ2n) is 4.14. The van der Waals surface area contributed by atoms with Crippen molar-refractivity contribution in [3.8, 4) is 0 Å². The molecule has 0 aliphatic carbocycles. The zero-order valence-corrected chi connectivity index (χ0v) is 13.9. The minimum absolute atomic E-state index is 0.180. The summed E-state index contributed by atoms with van der Waals surface area (Å²) < 4.78 is 0. The summed E-state index contributed by atoms with van der Waals surface area (Å²) in [7, 11) is 1.44. The second kappa shape index (κ2) is 8.07. The molecule has 0 spiro atoms. The molecule has 22 heavy (non-hydrogen) atoms. The second-order valence-corrected chi connectivity index (χ2v) is 5.79. The van der Waals surface area contributed by atoms with Crippen LogP contribution in [0.1, 0.15) is 18.4 Å². The lowest BCUT2D eigenvalue weighted by molar-refractivity contribution is -0.116. The molecule has 0 unspecified atom stereocenters. The predicted octanol–water partition coefficient (Wildman–Crippen LogP) is 3.61. The third kappa shape index (κ3) is 4.66. The molecule has 0 fully saturated rings. The molecule has 0 saturated carbocycles. The molecule has 0 bridgehead atoms. The lowest BCUT2D eigenvalue weighted by Gasteiger charge is -2.07. The predicted molar refractivity (Wildman–Crippen MR) is 87.8 cm³/mol. The van der Waals surface area contributed by atoms with Crippen molar-refractivity contribution in [3.63, 3.8) is 0 Å². The number of rotatable bonds is 6. The van der Waals surface area contributed by atoms with Crippen molar-refractivity contribution in [2.75, 3.05) is 12.4 Å². The third-order valence-corrected chi connectivity index (χ3v) is 4.00. The number of halogens is 2. The first-order valence-electron chi connectivity index (χ1n) is 6.21. The monoisotopic (exact) mass is 358 g/mol. The summed E-state index contributed by atoms with van der Waals surface area (Å²) in [5.41, 5.74) is 2.90. The van der Waals surface area contributed by atoms with E-state index in [2.05, 4.69) is 20.7 Å². The highest BCUT2D eigenvalue weighted by atomic mass is 35.5. The zero-order chi connectivity index (χ0) is 15.9. The Morgan fingerprint density at radius 1 is 1.36 bits per heavy atom. The SMILES string of the molecule is CO/N=C(\CCC(=O)Nc1nncs1)c1ccc(Cl)c(Cl)c1. The smallest absolute Gasteiger partial charge is 0.226 e. The van der Waals surface area contributed by atoms with Crippen LogP contribution in [0.25, 0.3) is 0 Å². The van der Waals surface area contributed by atoms with Crippen molar-refractivity contribution in [3.05, 3.63) is 39.3 Å². The van der Waals surface area contributed by atoms with Gasteiger partial charge in [0.2, 0.25) is 11.0 Å². The van der Waals surface area contributed by atoms with Crippen LogP contribution in [-0.4, -0.2) is 28.9 Å². The summed E-state index contributed by atoms with van der Waals surface area (Å²) in [6.07, 6.45) is 0.610. The van der Waals surface area contributed by atoms with Gasteiger partial charge in [-0.2, -0.15) is 0 Å². The number of nitrogens with one attached hydrogen (secondary N) is 1. The van der Waals surface area contributed by atoms with Gasteiger partial charge in [0.1, 0.15) is 12.6 Å². The van der Waals surface area contributed by atoms with E-state index in [9.17, 15) is 4.79 Å². The summed E-state index contributed by atoms with van der Waals surface area (Å²) in [5, 5.41) is 15.3. The fourth-order valence-electron chi connectivity index (χ4n) is 1.67. The molecule has 0 atom stereocenters. The minimum atomic E-state index is -0.180. The first kappa shape index (κ1) is 16.7. The van der Waals surface area contributed by atoms with E-state index in [-0.39, 0.29) is 12.3 Å². The summed E-state index contributed by atoms with van der Waals surface area (Å²) in [5.74, 6) is -0.180. The number of hydrogen-bond acceptors (Lipinski definition) is 6. The lowest BCUT2D eigenvalue weighted by Crippen LogP contribution is -2.14. The van der Waals surface area contributed by atoms with Crippen LogP contribution in [0.5, 0.6) is 0 Å². The third-order valence-electron chi connectivity index (χ3n) is 2.65. The van der Waals surface area contributed by atoms with Crippen molar-refractivity contribution >= 4 is 51.3 Å². The van der Waals surface area contributed by atoms with Gasteiger partial charge in [0, 0.05) is 18.4 Å². The maximum Gasteiger partial charge on any atom is 0.226 e. The lowest BCUT2D eigenvalue weighted by atomic mass is 10.1. The van der Waals surface area contributed by atoms with Crippen LogP contribution in [0.2, 0.25) is 10.0 Å². The van der Waals surface area contributed by atoms with Crippen LogP contribution in [0, 0.1) is 0 Å². The molecule has 0 aliphatic heterocycles. The fourth-order valence-corrected chi connectivity index (χ4v) is 2.43. The molecule has 2 aromatic rings. The molecule has 1 aromatic carbocycles. The van der Waals surface area contributed by atoms with Crippen LogP contribution in [0.4, 0.5) is 5.13 Å². The van der Waals surface area contributed by atoms with Gasteiger partial charge >= 0.3 is 0 Å². The van der Waals surface area contributed by atoms with E-state index in [1.807, 2.05) is 0 Å². The van der Waals surface area contributed by atoms with Crippen LogP contribution < -0.4 is 5.32 Å². The van der Waals surface area contributed by atoms with E-state index < -0.39 is 0 Å². The Morgan fingerprint density at radius 3 is 2.82 bits per heavy atom. The van der Waals surface area contributed by atoms with Crippen LogP contribution in [-0.2, 0) is 9.63 Å². The molecule has 1 N–H and O–H groups in total. The Morgan fingerprint density at radius 2 is 2.18 bits per heavy atom. The Balaban J connectivity index is 2.01. The van der Waals surface area contributed by atoms with Gasteiger partial charge in [-0.25, -0.2) is 0 Å². The number of nitrogens with zero attached hydrogens (tertiary/aromatic N) is 3. The summed E-state index contributed by atoms with van der Waals surface area (Å²) >= 11 is 13.1. The first-order chi connectivity index (χ1) is 10.6. The molecule has 0 aliphatic rings. The van der Waals surface area contributed by atoms with E-state index in [1.165, 1.54) is 18.4 Å². The van der Waals surface area contributed by atoms with E-state index >= 15 is 0 Å². The summed E-state index contributed by atoms with van der Waals surface area (Å²) in [4.78, 5) is 16.7. The number of anilines is 1. The Hall–Kier alpha value is -1.70. The molecule has 1 amide bonds. The maximum atomic E-state index is 11.9. The van der Waals surface area contributed by atoms with Crippen molar-refractivity contribution in [2.24, 2.45) is 5.16 Å². The van der Waals surface area contributed by atoms with Gasteiger partial charge in [0.25, 0.3) is 0 Å². The van der Waals surface area contributed by atoms with Crippen LogP contribution in [0.15, 0.2) is 28.9 Å². The van der Waals surface area contributed by atoms with Gasteiger partial charge in [-0.05, 0) is 12.1 Å². The van der Waals surface area contributed by atoms with Crippen LogP contribution >= 0.6 is 34.5 Å². The highest BCUT2D eigenvalue weighted by molar-refractivity contribution is 7.13. The van der Waals surface area contributed by atoms with Gasteiger partial charge in [0.05, 0.1) is 15.8 Å². The number of carbonyl (C=O) groups is 1. The van der Waals surface area contributed by atoms with Crippen molar-refractivity contribution in [1.29, 1.82) is 0 Å². The Kier molecular flexibility index (Phi) is 6.11. The average Bonchev–Trinajstić information content (AvgIpc) is 2.99. The Bertz CT molecular complexity index is 677. The number of amides is 1. The number of benzene rings is 1.